The molecule has 1 nitrogen and oxygen atoms in total. The number of hydrogen-bond acceptors (Lipinski definition) is 1. The van der Waals surface area contributed by atoms with Crippen LogP contribution in [0, 0.1) is 16.4 Å². The average molecular weight is 330 g/mol. The molecule has 0 saturated heterocycles. The van der Waals surface area contributed by atoms with Gasteiger partial charge in [-0.3, -0.25) is 0 Å². The molecule has 0 aliphatic heterocycles. The van der Waals surface area contributed by atoms with E-state index in [-0.39, 0.29) is 6.10 Å². The van der Waals surface area contributed by atoms with Crippen LogP contribution in [0.5, 0.6) is 0 Å². The summed E-state index contributed by atoms with van der Waals surface area (Å²) in [6, 6.07) is 6.24. The largest absolute Gasteiger partial charge is 0.388 e. The molecule has 0 amide bonds. The van der Waals surface area contributed by atoms with E-state index in [9.17, 15) is 5.11 Å². The molecule has 1 N–H and O–H groups in total. The van der Waals surface area contributed by atoms with Crippen LogP contribution < -0.4 is 0 Å². The fourth-order valence-corrected chi connectivity index (χ4v) is 3.28. The molecule has 88 valence electrons. The molecule has 1 atom stereocenters. The summed E-state index contributed by atoms with van der Waals surface area (Å²) in [5.41, 5.74) is 2.40. The molecular weight excluding hydrogens is 311 g/mol. The highest BCUT2D eigenvalue weighted by Gasteiger charge is 2.24. The van der Waals surface area contributed by atoms with Crippen molar-refractivity contribution in [3.8, 4) is 0 Å². The Morgan fingerprint density at radius 3 is 2.62 bits per heavy atom. The predicted molar refractivity (Wildman–Crippen MR) is 75.4 cm³/mol. The summed E-state index contributed by atoms with van der Waals surface area (Å²) in [6.07, 6.45) is 6.02. The van der Waals surface area contributed by atoms with Gasteiger partial charge in [-0.2, -0.15) is 0 Å². The van der Waals surface area contributed by atoms with Crippen molar-refractivity contribution in [2.24, 2.45) is 5.92 Å². The minimum absolute atomic E-state index is 0.257. The highest BCUT2D eigenvalue weighted by molar-refractivity contribution is 14.1. The van der Waals surface area contributed by atoms with Crippen molar-refractivity contribution in [2.45, 2.75) is 45.1 Å². The third-order valence-electron chi connectivity index (χ3n) is 3.64. The Kier molecular flexibility index (Phi) is 4.25. The van der Waals surface area contributed by atoms with Gasteiger partial charge < -0.3 is 5.11 Å². The van der Waals surface area contributed by atoms with Gasteiger partial charge in [-0.1, -0.05) is 37.5 Å². The zero-order valence-corrected chi connectivity index (χ0v) is 11.9. The molecule has 2 rings (SSSR count). The van der Waals surface area contributed by atoms with Gasteiger partial charge in [0.15, 0.2) is 0 Å². The fraction of sp³-hybridized carbons (Fsp3) is 0.571. The summed E-state index contributed by atoms with van der Waals surface area (Å²) in [6.45, 7) is 2.11. The molecule has 0 bridgehead atoms. The first-order valence-corrected chi connectivity index (χ1v) is 7.21. The van der Waals surface area contributed by atoms with E-state index >= 15 is 0 Å². The summed E-state index contributed by atoms with van der Waals surface area (Å²) in [7, 11) is 0. The van der Waals surface area contributed by atoms with Gasteiger partial charge in [-0.05, 0) is 59.4 Å². The maximum Gasteiger partial charge on any atom is 0.0828 e. The van der Waals surface area contributed by atoms with Gasteiger partial charge in [0.25, 0.3) is 0 Å². The minimum atomic E-state index is -0.257. The van der Waals surface area contributed by atoms with Gasteiger partial charge in [0.1, 0.15) is 0 Å². The van der Waals surface area contributed by atoms with Crippen molar-refractivity contribution in [1.82, 2.24) is 0 Å². The third kappa shape index (κ3) is 2.59. The van der Waals surface area contributed by atoms with E-state index in [1.54, 1.807) is 0 Å². The molecule has 1 unspecified atom stereocenters. The molecule has 0 aromatic heterocycles. The highest BCUT2D eigenvalue weighted by Crippen LogP contribution is 2.36. The van der Waals surface area contributed by atoms with Gasteiger partial charge in [0, 0.05) is 3.57 Å². The summed E-state index contributed by atoms with van der Waals surface area (Å²) >= 11 is 2.36. The Morgan fingerprint density at radius 1 is 1.25 bits per heavy atom. The standard InChI is InChI=1S/C14H19IO/c1-10-6-5-9-12(13(10)15)14(16)11-7-3-2-4-8-11/h5-6,9,11,14,16H,2-4,7-8H2,1H3. The van der Waals surface area contributed by atoms with Gasteiger partial charge in [-0.15, -0.1) is 0 Å². The van der Waals surface area contributed by atoms with E-state index < -0.39 is 0 Å². The minimum Gasteiger partial charge on any atom is -0.388 e. The maximum absolute atomic E-state index is 10.4. The number of aryl methyl sites for hydroxylation is 1. The second-order valence-corrected chi connectivity index (χ2v) is 5.90. The molecule has 0 radical (unpaired) electrons. The smallest absolute Gasteiger partial charge is 0.0828 e. The van der Waals surface area contributed by atoms with Crippen LogP contribution in [-0.2, 0) is 0 Å². The van der Waals surface area contributed by atoms with E-state index in [0.29, 0.717) is 5.92 Å². The van der Waals surface area contributed by atoms with Crippen LogP contribution in [0.15, 0.2) is 18.2 Å². The fourth-order valence-electron chi connectivity index (χ4n) is 2.60. The van der Waals surface area contributed by atoms with Crippen LogP contribution >= 0.6 is 22.6 Å². The van der Waals surface area contributed by atoms with Crippen molar-refractivity contribution in [1.29, 1.82) is 0 Å². The number of benzene rings is 1. The van der Waals surface area contributed by atoms with Crippen LogP contribution in [0.2, 0.25) is 0 Å². The monoisotopic (exact) mass is 330 g/mol. The molecule has 1 aliphatic rings. The molecule has 1 saturated carbocycles. The first-order chi connectivity index (χ1) is 7.70. The lowest BCUT2D eigenvalue weighted by Crippen LogP contribution is -2.17. The molecule has 1 aromatic carbocycles. The lowest BCUT2D eigenvalue weighted by Gasteiger charge is -2.27. The SMILES string of the molecule is Cc1cccc(C(O)C2CCCCC2)c1I. The zero-order valence-electron chi connectivity index (χ0n) is 9.75. The molecule has 1 aromatic rings. The molecule has 2 heteroatoms. The van der Waals surface area contributed by atoms with E-state index in [1.807, 2.05) is 0 Å². The summed E-state index contributed by atoms with van der Waals surface area (Å²) < 4.78 is 1.23. The van der Waals surface area contributed by atoms with Gasteiger partial charge >= 0.3 is 0 Å². The van der Waals surface area contributed by atoms with Gasteiger partial charge in [0.2, 0.25) is 0 Å². The van der Waals surface area contributed by atoms with E-state index in [2.05, 4.69) is 47.7 Å². The second-order valence-electron chi connectivity index (χ2n) is 4.82. The van der Waals surface area contributed by atoms with Crippen molar-refractivity contribution >= 4 is 22.6 Å². The summed E-state index contributed by atoms with van der Waals surface area (Å²) in [5.74, 6) is 0.476. The third-order valence-corrected chi connectivity index (χ3v) is 5.11. The average Bonchev–Trinajstić information content (AvgIpc) is 2.33. The first kappa shape index (κ1) is 12.4. The molecular formula is C14H19IO. The van der Waals surface area contributed by atoms with Crippen LogP contribution in [0.3, 0.4) is 0 Å². The lowest BCUT2D eigenvalue weighted by molar-refractivity contribution is 0.0841. The van der Waals surface area contributed by atoms with E-state index in [0.717, 1.165) is 5.56 Å². The topological polar surface area (TPSA) is 20.2 Å². The highest BCUT2D eigenvalue weighted by atomic mass is 127. The Labute approximate surface area is 111 Å². The van der Waals surface area contributed by atoms with Crippen LogP contribution in [0.25, 0.3) is 0 Å². The number of aliphatic hydroxyl groups excluding tert-OH is 1. The normalized spacial score (nSPS) is 19.7. The molecule has 1 fully saturated rings. The quantitative estimate of drug-likeness (QED) is 0.806. The van der Waals surface area contributed by atoms with Crippen LogP contribution in [-0.4, -0.2) is 5.11 Å². The summed E-state index contributed by atoms with van der Waals surface area (Å²) in [4.78, 5) is 0. The number of rotatable bonds is 2. The Morgan fingerprint density at radius 2 is 1.94 bits per heavy atom. The van der Waals surface area contributed by atoms with Crippen molar-refractivity contribution in [2.75, 3.05) is 0 Å². The maximum atomic E-state index is 10.4. The molecule has 0 spiro atoms. The van der Waals surface area contributed by atoms with Crippen molar-refractivity contribution in [3.05, 3.63) is 32.9 Å². The predicted octanol–water partition coefficient (Wildman–Crippen LogP) is 4.21. The Balaban J connectivity index is 2.19. The van der Waals surface area contributed by atoms with Crippen molar-refractivity contribution in [3.63, 3.8) is 0 Å². The number of halogens is 1. The molecule has 0 heterocycles. The van der Waals surface area contributed by atoms with Crippen LogP contribution in [0.1, 0.15) is 49.3 Å². The Bertz CT molecular complexity index is 356. The van der Waals surface area contributed by atoms with Crippen LogP contribution in [0.4, 0.5) is 0 Å². The van der Waals surface area contributed by atoms with Crippen molar-refractivity contribution < 1.29 is 5.11 Å². The zero-order chi connectivity index (χ0) is 11.5. The lowest BCUT2D eigenvalue weighted by atomic mass is 9.82. The second kappa shape index (κ2) is 5.50. The van der Waals surface area contributed by atoms with E-state index in [4.69, 9.17) is 0 Å². The summed E-state index contributed by atoms with van der Waals surface area (Å²) in [5, 5.41) is 10.4. The first-order valence-electron chi connectivity index (χ1n) is 6.13. The number of aliphatic hydroxyl groups is 1. The van der Waals surface area contributed by atoms with Gasteiger partial charge in [0.05, 0.1) is 6.10 Å². The Hall–Kier alpha value is -0.0900. The number of hydrogen-bond donors (Lipinski definition) is 1. The van der Waals surface area contributed by atoms with E-state index in [1.165, 1.54) is 41.2 Å². The molecule has 16 heavy (non-hydrogen) atoms. The molecule has 1 aliphatic carbocycles. The van der Waals surface area contributed by atoms with Gasteiger partial charge in [-0.25, -0.2) is 0 Å².